The summed E-state index contributed by atoms with van der Waals surface area (Å²) in [5.74, 6) is -1.32. The first kappa shape index (κ1) is 10.2. The van der Waals surface area contributed by atoms with Crippen LogP contribution in [0.1, 0.15) is 5.56 Å². The van der Waals surface area contributed by atoms with Crippen molar-refractivity contribution in [3.8, 4) is 5.75 Å². The maximum Gasteiger partial charge on any atom is 0.344 e. The van der Waals surface area contributed by atoms with E-state index in [2.05, 4.69) is 0 Å². The number of alkyl halides is 2. The first-order valence-electron chi connectivity index (χ1n) is 3.35. The van der Waals surface area contributed by atoms with Crippen LogP contribution in [0.5, 0.6) is 5.75 Å². The molecule has 0 aromatic heterocycles. The number of phenols is 1. The van der Waals surface area contributed by atoms with Gasteiger partial charge in [0.2, 0.25) is 4.33 Å². The number of carbonyl (C=O) groups is 1. The second kappa shape index (κ2) is 3.44. The minimum absolute atomic E-state index is 0.0262. The van der Waals surface area contributed by atoms with Crippen molar-refractivity contribution in [1.82, 2.24) is 0 Å². The molecule has 3 nitrogen and oxygen atoms in total. The molecule has 5 heteroatoms. The third-order valence-electron chi connectivity index (χ3n) is 1.50. The Kier molecular flexibility index (Phi) is 2.68. The second-order valence-electron chi connectivity index (χ2n) is 2.43. The van der Waals surface area contributed by atoms with Crippen LogP contribution in [0.4, 0.5) is 0 Å². The highest BCUT2D eigenvalue weighted by Gasteiger charge is 2.35. The number of aromatic hydroxyl groups is 1. The first-order valence-corrected chi connectivity index (χ1v) is 4.11. The molecule has 0 aliphatic carbocycles. The third-order valence-corrected chi connectivity index (χ3v) is 2.26. The van der Waals surface area contributed by atoms with E-state index in [0.717, 1.165) is 0 Å². The Labute approximate surface area is 84.5 Å². The van der Waals surface area contributed by atoms with Gasteiger partial charge in [-0.3, -0.25) is 0 Å². The van der Waals surface area contributed by atoms with Crippen molar-refractivity contribution in [1.29, 1.82) is 0 Å². The molecule has 0 radical (unpaired) electrons. The second-order valence-corrected chi connectivity index (χ2v) is 3.75. The summed E-state index contributed by atoms with van der Waals surface area (Å²) in [7, 11) is 0. The topological polar surface area (TPSA) is 57.5 Å². The third kappa shape index (κ3) is 2.05. The fourth-order valence-electron chi connectivity index (χ4n) is 0.794. The van der Waals surface area contributed by atoms with Crippen LogP contribution in [0.25, 0.3) is 0 Å². The lowest BCUT2D eigenvalue weighted by Crippen LogP contribution is -2.22. The van der Waals surface area contributed by atoms with Crippen LogP contribution < -0.4 is 0 Å². The number of carboxylic acids is 1. The van der Waals surface area contributed by atoms with Crippen LogP contribution in [0.15, 0.2) is 24.3 Å². The Morgan fingerprint density at radius 3 is 2.08 bits per heavy atom. The molecule has 0 atom stereocenters. The molecule has 2 N–H and O–H groups in total. The van der Waals surface area contributed by atoms with Crippen LogP contribution in [0, 0.1) is 0 Å². The minimum atomic E-state index is -1.96. The molecule has 13 heavy (non-hydrogen) atoms. The highest BCUT2D eigenvalue weighted by molar-refractivity contribution is 6.56. The summed E-state index contributed by atoms with van der Waals surface area (Å²) in [6.07, 6.45) is 0. The number of hydrogen-bond acceptors (Lipinski definition) is 2. The summed E-state index contributed by atoms with van der Waals surface area (Å²) in [5.41, 5.74) is 0.209. The molecular formula is C8H6Cl2O3. The number of aliphatic carboxylic acids is 1. The highest BCUT2D eigenvalue weighted by atomic mass is 35.5. The van der Waals surface area contributed by atoms with E-state index in [-0.39, 0.29) is 11.3 Å². The van der Waals surface area contributed by atoms with Crippen LogP contribution in [0.2, 0.25) is 0 Å². The van der Waals surface area contributed by atoms with Crippen LogP contribution >= 0.6 is 23.2 Å². The molecule has 0 fully saturated rings. The molecule has 0 unspecified atom stereocenters. The zero-order valence-electron chi connectivity index (χ0n) is 6.37. The van der Waals surface area contributed by atoms with Crippen molar-refractivity contribution in [3.05, 3.63) is 29.8 Å². The van der Waals surface area contributed by atoms with E-state index in [1.165, 1.54) is 24.3 Å². The van der Waals surface area contributed by atoms with E-state index in [0.29, 0.717) is 0 Å². The molecule has 0 aliphatic rings. The summed E-state index contributed by atoms with van der Waals surface area (Å²) >= 11 is 11.1. The molecule has 0 bridgehead atoms. The lowest BCUT2D eigenvalue weighted by Gasteiger charge is -2.13. The van der Waals surface area contributed by atoms with Gasteiger partial charge in [0.25, 0.3) is 0 Å². The van der Waals surface area contributed by atoms with Crippen molar-refractivity contribution >= 4 is 29.2 Å². The van der Waals surface area contributed by atoms with Gasteiger partial charge in [0.15, 0.2) is 0 Å². The Balaban J connectivity index is 3.08. The van der Waals surface area contributed by atoms with Crippen LogP contribution in [-0.4, -0.2) is 16.2 Å². The number of halogens is 2. The van der Waals surface area contributed by atoms with Gasteiger partial charge in [0, 0.05) is 0 Å². The molecular weight excluding hydrogens is 215 g/mol. The summed E-state index contributed by atoms with van der Waals surface area (Å²) in [6.45, 7) is 0. The minimum Gasteiger partial charge on any atom is -0.508 e. The monoisotopic (exact) mass is 220 g/mol. The smallest absolute Gasteiger partial charge is 0.344 e. The van der Waals surface area contributed by atoms with E-state index in [1.54, 1.807) is 0 Å². The molecule has 70 valence electrons. The molecule has 0 amide bonds. The molecule has 1 rings (SSSR count). The van der Waals surface area contributed by atoms with Gasteiger partial charge in [0.1, 0.15) is 5.75 Å². The average molecular weight is 221 g/mol. The maximum absolute atomic E-state index is 10.6. The van der Waals surface area contributed by atoms with Gasteiger partial charge < -0.3 is 10.2 Å². The van der Waals surface area contributed by atoms with E-state index >= 15 is 0 Å². The van der Waals surface area contributed by atoms with Gasteiger partial charge in [-0.25, -0.2) is 4.79 Å². The summed E-state index contributed by atoms with van der Waals surface area (Å²) in [4.78, 5) is 10.6. The number of phenolic OH excluding ortho intramolecular Hbond substituents is 1. The van der Waals surface area contributed by atoms with E-state index < -0.39 is 10.3 Å². The lowest BCUT2D eigenvalue weighted by atomic mass is 10.1. The molecule has 0 spiro atoms. The average Bonchev–Trinajstić information content (AvgIpc) is 2.04. The van der Waals surface area contributed by atoms with Crippen molar-refractivity contribution in [2.45, 2.75) is 4.33 Å². The van der Waals surface area contributed by atoms with Gasteiger partial charge >= 0.3 is 5.97 Å². The number of rotatable bonds is 2. The van der Waals surface area contributed by atoms with E-state index in [9.17, 15) is 4.79 Å². The molecule has 0 saturated heterocycles. The quantitative estimate of drug-likeness (QED) is 0.752. The Bertz CT molecular complexity index is 319. The number of carboxylic acid groups (broad SMARTS) is 1. The van der Waals surface area contributed by atoms with Gasteiger partial charge in [-0.15, -0.1) is 0 Å². The largest absolute Gasteiger partial charge is 0.508 e. The molecule has 0 aliphatic heterocycles. The molecule has 1 aromatic carbocycles. The Morgan fingerprint density at radius 2 is 1.69 bits per heavy atom. The predicted molar refractivity (Wildman–Crippen MR) is 49.1 cm³/mol. The Hall–Kier alpha value is -0.930. The maximum atomic E-state index is 10.6. The number of hydrogen-bond donors (Lipinski definition) is 2. The fourth-order valence-corrected chi connectivity index (χ4v) is 1.05. The van der Waals surface area contributed by atoms with Crippen molar-refractivity contribution in [3.63, 3.8) is 0 Å². The first-order chi connectivity index (χ1) is 5.94. The number of benzene rings is 1. The Morgan fingerprint density at radius 1 is 1.23 bits per heavy atom. The van der Waals surface area contributed by atoms with Crippen molar-refractivity contribution < 1.29 is 15.0 Å². The fraction of sp³-hybridized carbons (Fsp3) is 0.125. The predicted octanol–water partition coefficient (Wildman–Crippen LogP) is 2.11. The summed E-state index contributed by atoms with van der Waals surface area (Å²) < 4.78 is -1.96. The highest BCUT2D eigenvalue weighted by Crippen LogP contribution is 2.34. The zero-order valence-corrected chi connectivity index (χ0v) is 7.88. The lowest BCUT2D eigenvalue weighted by molar-refractivity contribution is -0.138. The van der Waals surface area contributed by atoms with Crippen molar-refractivity contribution in [2.75, 3.05) is 0 Å². The van der Waals surface area contributed by atoms with Crippen LogP contribution in [0.3, 0.4) is 0 Å². The van der Waals surface area contributed by atoms with Gasteiger partial charge in [0.05, 0.1) is 0 Å². The van der Waals surface area contributed by atoms with Gasteiger partial charge in [-0.1, -0.05) is 35.3 Å². The summed E-state index contributed by atoms with van der Waals surface area (Å²) in [6, 6.07) is 5.34. The molecule has 1 aromatic rings. The standard InChI is InChI=1S/C8H6Cl2O3/c9-8(10,7(12)13)5-1-3-6(11)4-2-5/h1-4,11H,(H,12,13). The van der Waals surface area contributed by atoms with Crippen molar-refractivity contribution in [2.24, 2.45) is 0 Å². The molecule has 0 saturated carbocycles. The SMILES string of the molecule is O=C(O)C(Cl)(Cl)c1ccc(O)cc1. The van der Waals surface area contributed by atoms with Gasteiger partial charge in [-0.2, -0.15) is 0 Å². The normalized spacial score (nSPS) is 11.2. The van der Waals surface area contributed by atoms with Gasteiger partial charge in [-0.05, 0) is 17.7 Å². The van der Waals surface area contributed by atoms with E-state index in [1.807, 2.05) is 0 Å². The van der Waals surface area contributed by atoms with E-state index in [4.69, 9.17) is 33.4 Å². The summed E-state index contributed by atoms with van der Waals surface area (Å²) in [5, 5.41) is 17.6. The van der Waals surface area contributed by atoms with Crippen LogP contribution in [-0.2, 0) is 9.13 Å². The zero-order chi connectivity index (χ0) is 10.1. The molecule has 0 heterocycles.